The average Bonchev–Trinajstić information content (AvgIpc) is 2.50. The van der Waals surface area contributed by atoms with Crippen LogP contribution in [0.3, 0.4) is 0 Å². The van der Waals surface area contributed by atoms with Crippen molar-refractivity contribution in [3.8, 4) is 0 Å². The molecule has 2 aliphatic heterocycles. The highest BCUT2D eigenvalue weighted by molar-refractivity contribution is 5.76. The molecular formula is C14H20N4O. The van der Waals surface area contributed by atoms with Crippen molar-refractivity contribution in [3.63, 3.8) is 0 Å². The van der Waals surface area contributed by atoms with Crippen LogP contribution in [0, 0.1) is 0 Å². The van der Waals surface area contributed by atoms with E-state index < -0.39 is 0 Å². The van der Waals surface area contributed by atoms with Crippen molar-refractivity contribution < 1.29 is 4.84 Å². The third-order valence-corrected chi connectivity index (χ3v) is 3.61. The van der Waals surface area contributed by atoms with Gasteiger partial charge in [-0.3, -0.25) is 14.8 Å². The number of aromatic nitrogens is 1. The van der Waals surface area contributed by atoms with Crippen LogP contribution < -0.4 is 5.06 Å². The summed E-state index contributed by atoms with van der Waals surface area (Å²) in [6.07, 6.45) is 9.31. The highest BCUT2D eigenvalue weighted by Crippen LogP contribution is 2.16. The molecule has 0 saturated carbocycles. The first kappa shape index (κ1) is 12.6. The normalized spacial score (nSPS) is 24.6. The largest absolute Gasteiger partial charge is 0.301 e. The van der Waals surface area contributed by atoms with E-state index in [0.29, 0.717) is 6.61 Å². The van der Waals surface area contributed by atoms with Crippen molar-refractivity contribution >= 4 is 12.0 Å². The van der Waals surface area contributed by atoms with Crippen LogP contribution in [0.25, 0.3) is 0 Å². The Balaban J connectivity index is 1.55. The van der Waals surface area contributed by atoms with Gasteiger partial charge < -0.3 is 4.90 Å². The molecule has 5 nitrogen and oxygen atoms in total. The van der Waals surface area contributed by atoms with Gasteiger partial charge in [0, 0.05) is 12.7 Å². The molecule has 1 aromatic heterocycles. The molecule has 0 amide bonds. The van der Waals surface area contributed by atoms with Gasteiger partial charge in [0.1, 0.15) is 6.34 Å². The zero-order valence-electron chi connectivity index (χ0n) is 11.1. The summed E-state index contributed by atoms with van der Waals surface area (Å²) < 4.78 is 0. The Bertz CT molecular complexity index is 417. The highest BCUT2D eigenvalue weighted by Gasteiger charge is 2.20. The second-order valence-electron chi connectivity index (χ2n) is 5.11. The molecular weight excluding hydrogens is 240 g/mol. The van der Waals surface area contributed by atoms with E-state index in [4.69, 9.17) is 4.84 Å². The monoisotopic (exact) mass is 260 g/mol. The third kappa shape index (κ3) is 3.30. The van der Waals surface area contributed by atoms with Gasteiger partial charge in [0.05, 0.1) is 24.5 Å². The lowest BCUT2D eigenvalue weighted by molar-refractivity contribution is 0.101. The van der Waals surface area contributed by atoms with E-state index >= 15 is 0 Å². The SMILES string of the molecule is C1=NC(CN2CCCCC2)CON1c1cccnc1. The first-order chi connectivity index (χ1) is 9.42. The van der Waals surface area contributed by atoms with Crippen LogP contribution >= 0.6 is 0 Å². The van der Waals surface area contributed by atoms with Gasteiger partial charge in [0.2, 0.25) is 0 Å². The van der Waals surface area contributed by atoms with Crippen molar-refractivity contribution in [1.29, 1.82) is 0 Å². The smallest absolute Gasteiger partial charge is 0.116 e. The Morgan fingerprint density at radius 3 is 2.84 bits per heavy atom. The lowest BCUT2D eigenvalue weighted by Crippen LogP contribution is -2.41. The number of aliphatic imine (C=N–C) groups is 1. The maximum Gasteiger partial charge on any atom is 0.116 e. The van der Waals surface area contributed by atoms with E-state index in [2.05, 4.69) is 14.9 Å². The lowest BCUT2D eigenvalue weighted by atomic mass is 10.1. The van der Waals surface area contributed by atoms with Gasteiger partial charge >= 0.3 is 0 Å². The number of piperidine rings is 1. The summed E-state index contributed by atoms with van der Waals surface area (Å²) in [6, 6.07) is 4.11. The molecule has 0 aliphatic carbocycles. The van der Waals surface area contributed by atoms with Crippen molar-refractivity contribution in [2.45, 2.75) is 25.3 Å². The van der Waals surface area contributed by atoms with Crippen LogP contribution in [0.5, 0.6) is 0 Å². The zero-order chi connectivity index (χ0) is 12.9. The highest BCUT2D eigenvalue weighted by atomic mass is 16.7. The van der Waals surface area contributed by atoms with Crippen molar-refractivity contribution in [2.24, 2.45) is 4.99 Å². The van der Waals surface area contributed by atoms with Crippen LogP contribution in [0.4, 0.5) is 5.69 Å². The van der Waals surface area contributed by atoms with Crippen molar-refractivity contribution in [2.75, 3.05) is 31.3 Å². The van der Waals surface area contributed by atoms with Gasteiger partial charge in [0.25, 0.3) is 0 Å². The Hall–Kier alpha value is -1.46. The third-order valence-electron chi connectivity index (χ3n) is 3.61. The molecule has 3 rings (SSSR count). The number of nitrogens with zero attached hydrogens (tertiary/aromatic N) is 4. The summed E-state index contributed by atoms with van der Waals surface area (Å²) in [5.41, 5.74) is 0.919. The number of likely N-dealkylation sites (tertiary alicyclic amines) is 1. The first-order valence-corrected chi connectivity index (χ1v) is 7.00. The molecule has 0 bridgehead atoms. The summed E-state index contributed by atoms with van der Waals surface area (Å²) in [6.45, 7) is 4.07. The summed E-state index contributed by atoms with van der Waals surface area (Å²) >= 11 is 0. The van der Waals surface area contributed by atoms with Crippen LogP contribution in [0.15, 0.2) is 29.5 Å². The predicted octanol–water partition coefficient (Wildman–Crippen LogP) is 1.72. The number of hydrogen-bond donors (Lipinski definition) is 0. The minimum Gasteiger partial charge on any atom is -0.301 e. The molecule has 1 saturated heterocycles. The number of hydrogen-bond acceptors (Lipinski definition) is 5. The van der Waals surface area contributed by atoms with Crippen LogP contribution in [-0.2, 0) is 4.84 Å². The van der Waals surface area contributed by atoms with Crippen LogP contribution in [0.1, 0.15) is 19.3 Å². The summed E-state index contributed by atoms with van der Waals surface area (Å²) in [4.78, 5) is 16.9. The molecule has 1 unspecified atom stereocenters. The second kappa shape index (κ2) is 6.12. The van der Waals surface area contributed by atoms with Gasteiger partial charge in [-0.05, 0) is 38.1 Å². The van der Waals surface area contributed by atoms with Crippen molar-refractivity contribution in [1.82, 2.24) is 9.88 Å². The predicted molar refractivity (Wildman–Crippen MR) is 75.2 cm³/mol. The zero-order valence-corrected chi connectivity index (χ0v) is 11.1. The average molecular weight is 260 g/mol. The number of hydroxylamine groups is 1. The molecule has 3 heterocycles. The quantitative estimate of drug-likeness (QED) is 0.829. The molecule has 0 radical (unpaired) electrons. The molecule has 1 aromatic rings. The lowest BCUT2D eigenvalue weighted by Gasteiger charge is -2.31. The standard InChI is InChI=1S/C14H20N4O/c1-2-7-17(8-3-1)10-13-11-19-18(12-16-13)14-5-4-6-15-9-14/h4-6,9,12-13H,1-3,7-8,10-11H2. The van der Waals surface area contributed by atoms with E-state index in [0.717, 1.165) is 12.2 Å². The van der Waals surface area contributed by atoms with E-state index in [1.54, 1.807) is 23.8 Å². The van der Waals surface area contributed by atoms with E-state index in [-0.39, 0.29) is 6.04 Å². The Kier molecular flexibility index (Phi) is 4.05. The number of anilines is 1. The maximum atomic E-state index is 5.74. The molecule has 0 aromatic carbocycles. The molecule has 0 N–H and O–H groups in total. The molecule has 1 atom stereocenters. The Morgan fingerprint density at radius 1 is 1.26 bits per heavy atom. The van der Waals surface area contributed by atoms with Gasteiger partial charge in [-0.25, -0.2) is 5.06 Å². The van der Waals surface area contributed by atoms with E-state index in [1.165, 1.54) is 32.4 Å². The van der Waals surface area contributed by atoms with E-state index in [1.807, 2.05) is 12.1 Å². The minimum absolute atomic E-state index is 0.256. The molecule has 5 heteroatoms. The van der Waals surface area contributed by atoms with Gasteiger partial charge in [-0.1, -0.05) is 6.42 Å². The Labute approximate surface area is 113 Å². The van der Waals surface area contributed by atoms with Crippen LogP contribution in [0.2, 0.25) is 0 Å². The maximum absolute atomic E-state index is 5.74. The fourth-order valence-corrected chi connectivity index (χ4v) is 2.56. The molecule has 0 spiro atoms. The second-order valence-corrected chi connectivity index (χ2v) is 5.11. The first-order valence-electron chi connectivity index (χ1n) is 7.00. The van der Waals surface area contributed by atoms with Crippen LogP contribution in [-0.4, -0.2) is 48.5 Å². The topological polar surface area (TPSA) is 41.0 Å². The van der Waals surface area contributed by atoms with Crippen molar-refractivity contribution in [3.05, 3.63) is 24.5 Å². The molecule has 102 valence electrons. The molecule has 19 heavy (non-hydrogen) atoms. The molecule has 1 fully saturated rings. The fraction of sp³-hybridized carbons (Fsp3) is 0.571. The summed E-state index contributed by atoms with van der Waals surface area (Å²) in [7, 11) is 0. The van der Waals surface area contributed by atoms with E-state index in [9.17, 15) is 0 Å². The summed E-state index contributed by atoms with van der Waals surface area (Å²) in [5.74, 6) is 0. The minimum atomic E-state index is 0.256. The number of pyridine rings is 1. The molecule has 2 aliphatic rings. The van der Waals surface area contributed by atoms with Gasteiger partial charge in [-0.2, -0.15) is 0 Å². The fourth-order valence-electron chi connectivity index (χ4n) is 2.56. The van der Waals surface area contributed by atoms with Gasteiger partial charge in [-0.15, -0.1) is 0 Å². The summed E-state index contributed by atoms with van der Waals surface area (Å²) in [5, 5.41) is 1.69. The Morgan fingerprint density at radius 2 is 2.16 bits per heavy atom. The van der Waals surface area contributed by atoms with Gasteiger partial charge in [0.15, 0.2) is 0 Å². The number of rotatable bonds is 3.